The van der Waals surface area contributed by atoms with E-state index in [1.54, 1.807) is 6.92 Å². The number of carbonyl (C=O) groups is 15. The number of unbranched alkanes of at least 4 members (excludes halogenated alkanes) is 10. The molecule has 0 radical (unpaired) electrons. The number of primary amides is 2. The van der Waals surface area contributed by atoms with Crippen LogP contribution >= 0.6 is 0 Å². The molecule has 1 aromatic carbocycles. The normalized spacial score (nSPS) is 19.2. The molecule has 0 spiro atoms. The first-order chi connectivity index (χ1) is 54.7. The third-order valence-corrected chi connectivity index (χ3v) is 19.8. The number of ether oxygens (including phenoxy) is 2. The van der Waals surface area contributed by atoms with Gasteiger partial charge in [-0.15, -0.1) is 0 Å². The van der Waals surface area contributed by atoms with Crippen LogP contribution in [-0.4, -0.2) is 289 Å². The second kappa shape index (κ2) is 51.7. The van der Waals surface area contributed by atoms with Crippen LogP contribution in [0.4, 0.5) is 0 Å². The van der Waals surface area contributed by atoms with Crippen molar-refractivity contribution in [3.63, 3.8) is 0 Å². The third-order valence-electron chi connectivity index (χ3n) is 19.8. The molecule has 40 heteroatoms. The lowest BCUT2D eigenvalue weighted by Crippen LogP contribution is -2.64. The second-order valence-corrected chi connectivity index (χ2v) is 30.3. The maximum absolute atomic E-state index is 14.9. The molecule has 40 nitrogen and oxygen atoms in total. The fraction of sp³-hybridized carbons (Fsp3) is 0.724. The maximum Gasteiger partial charge on any atom is 0.308 e. The molecule has 2 fully saturated rings. The number of carbonyl (C=O) groups excluding carboxylic acids is 15. The molecule has 0 bridgehead atoms. The Morgan fingerprint density at radius 1 is 0.526 bits per heavy atom. The first kappa shape index (κ1) is 101. The van der Waals surface area contributed by atoms with E-state index in [1.807, 2.05) is 0 Å². The molecule has 116 heavy (non-hydrogen) atoms. The van der Waals surface area contributed by atoms with Crippen LogP contribution in [0.5, 0.6) is 5.75 Å². The summed E-state index contributed by atoms with van der Waals surface area (Å²) in [5, 5.41) is 99.5. The van der Waals surface area contributed by atoms with Gasteiger partial charge in [0.2, 0.25) is 76.8 Å². The van der Waals surface area contributed by atoms with E-state index in [0.717, 1.165) is 57.8 Å². The molecule has 2 aliphatic rings. The zero-order chi connectivity index (χ0) is 87.2. The van der Waals surface area contributed by atoms with Crippen molar-refractivity contribution in [3.8, 4) is 5.75 Å². The van der Waals surface area contributed by atoms with Crippen LogP contribution in [0, 0.1) is 11.8 Å². The van der Waals surface area contributed by atoms with E-state index in [1.165, 1.54) is 84.1 Å². The van der Waals surface area contributed by atoms with Crippen molar-refractivity contribution in [1.82, 2.24) is 63.0 Å². The summed E-state index contributed by atoms with van der Waals surface area (Å²) in [5.41, 5.74) is 22.0. The first-order valence-electron chi connectivity index (χ1n) is 39.9. The molecule has 14 amide bonds. The van der Waals surface area contributed by atoms with E-state index in [4.69, 9.17) is 32.4 Å². The van der Waals surface area contributed by atoms with Crippen LogP contribution in [-0.2, 0) is 83.1 Å². The highest BCUT2D eigenvalue weighted by Gasteiger charge is 2.48. The molecule has 1 aromatic rings. The Labute approximate surface area is 676 Å². The fourth-order valence-electron chi connectivity index (χ4n) is 13.0. The Morgan fingerprint density at radius 2 is 1.07 bits per heavy atom. The number of aliphatic hydroxyl groups excluding tert-OH is 7. The van der Waals surface area contributed by atoms with Gasteiger partial charge in [0.15, 0.2) is 6.61 Å². The van der Waals surface area contributed by atoms with E-state index in [9.17, 15) is 108 Å². The van der Waals surface area contributed by atoms with E-state index in [0.29, 0.717) is 42.7 Å². The number of nitrogens with two attached hydrogens (primary N) is 4. The van der Waals surface area contributed by atoms with Gasteiger partial charge in [-0.25, -0.2) is 0 Å². The lowest BCUT2D eigenvalue weighted by Gasteiger charge is -2.34. The number of aliphatic hydroxyl groups is 7. The van der Waals surface area contributed by atoms with E-state index < -0.39 is 242 Å². The van der Waals surface area contributed by atoms with Crippen LogP contribution in [0.15, 0.2) is 24.3 Å². The average Bonchev–Trinajstić information content (AvgIpc) is 1.63. The van der Waals surface area contributed by atoms with Gasteiger partial charge >= 0.3 is 5.97 Å². The predicted octanol–water partition coefficient (Wildman–Crippen LogP) is -6.10. The zero-order valence-corrected chi connectivity index (χ0v) is 68.0. The van der Waals surface area contributed by atoms with Gasteiger partial charge in [-0.2, -0.15) is 0 Å². The van der Waals surface area contributed by atoms with Crippen molar-refractivity contribution < 1.29 is 117 Å². The third kappa shape index (κ3) is 34.5. The summed E-state index contributed by atoms with van der Waals surface area (Å²) in [6.07, 6.45) is -2.23. The summed E-state index contributed by atoms with van der Waals surface area (Å²) < 4.78 is 11.5. The number of likely N-dealkylation sites (tertiary alicyclic amines) is 2. The Morgan fingerprint density at radius 3 is 1.62 bits per heavy atom. The quantitative estimate of drug-likeness (QED) is 0.0213. The van der Waals surface area contributed by atoms with E-state index >= 15 is 0 Å². The number of nitrogens with one attached hydrogen (secondary N) is 10. The Kier molecular flexibility index (Phi) is 45.0. The SMILES string of the molecule is CCCCCCCCCCCCC[C@H](CC(=O)N[C@H](C(=O)N[C@H](C)C(=O)N[C@@H](Cc1ccc(OCC(=O)NCCN)cc1)C(=O)N[C@H](C(=O)N1C[C@H](O)C[C@H]1C(=O)N[C@H](C(=O)N[C@H](C(=O)N1CC[C@H](O)[C@H]1C(=O)N[C@H](C(=O)NCC(=O)N[C@H](C(N)=O)[C@@H](C)O)[C@H](O)CC(N)=O)[C@@H](C)O)[C@@H](C)O)C(C)C)[C@@H](C)O)OC(=O)[C@@H](C)CCCN. The van der Waals surface area contributed by atoms with Crippen molar-refractivity contribution in [2.24, 2.45) is 34.8 Å². The molecule has 656 valence electrons. The van der Waals surface area contributed by atoms with Gasteiger partial charge in [0, 0.05) is 39.0 Å². The lowest BCUT2D eigenvalue weighted by atomic mass is 9.99. The molecular formula is C76H128N16O24. The van der Waals surface area contributed by atoms with Crippen LogP contribution in [0.2, 0.25) is 0 Å². The van der Waals surface area contributed by atoms with Crippen LogP contribution in [0.25, 0.3) is 0 Å². The molecule has 25 N–H and O–H groups in total. The van der Waals surface area contributed by atoms with E-state index in [2.05, 4.69) is 60.1 Å². The van der Waals surface area contributed by atoms with Crippen molar-refractivity contribution in [2.75, 3.05) is 45.9 Å². The number of hydrogen-bond acceptors (Lipinski definition) is 26. The summed E-state index contributed by atoms with van der Waals surface area (Å²) in [5.74, 6) is -16.7. The second-order valence-electron chi connectivity index (χ2n) is 30.3. The fourth-order valence-corrected chi connectivity index (χ4v) is 13.0. The van der Waals surface area contributed by atoms with Crippen molar-refractivity contribution in [3.05, 3.63) is 29.8 Å². The van der Waals surface area contributed by atoms with Crippen molar-refractivity contribution >= 4 is 88.7 Å². The minimum absolute atomic E-state index is 0.182. The van der Waals surface area contributed by atoms with Gasteiger partial charge < -0.3 is 131 Å². The number of benzene rings is 1. The molecule has 3 rings (SSSR count). The number of hydrogen-bond donors (Lipinski definition) is 21. The lowest BCUT2D eigenvalue weighted by molar-refractivity contribution is -0.155. The van der Waals surface area contributed by atoms with Gasteiger partial charge in [0.1, 0.15) is 72.3 Å². The standard InChI is InChI=1S/C76H128N16O24/c1-10-11-12-13-14-15-16-17-18-19-20-23-50(116-76(114)41(4)22-21-29-77)35-56(101)85-61(44(7)94)71(109)83-42(5)67(105)84-51(33-47-24-26-49(27-25-47)115-39-58(103)81-31-30-78)68(106)87-59(40(2)3)74(112)92-38-48(97)34-52(92)69(107)88-62(45(8)95)72(110)89-63(46(9)96)75(113)91-32-28-53(98)65(91)73(111)90-64(54(99)36-55(79)100)70(108)82-37-57(102)86-60(43(6)93)66(80)104/h24-27,40-46,48,50-54,59-65,93-99H,10-23,28-39,77-78H2,1-9H3,(H2,79,100)(H2,80,104)(H,81,103)(H,82,108)(H,83,109)(H,84,105)(H,85,101)(H,86,102)(H,87,106)(H,88,107)(H,89,110)(H,90,111)/t41-,42+,43+,44+,45+,46+,48+,50+,51-,52-,53-,54+,59-,60-,61-,62-,63-,64-,65-/m0/s1. The highest BCUT2D eigenvalue weighted by Crippen LogP contribution is 2.25. The van der Waals surface area contributed by atoms with Gasteiger partial charge in [-0.1, -0.05) is 104 Å². The summed E-state index contributed by atoms with van der Waals surface area (Å²) in [6.45, 7) is 11.0. The molecule has 0 saturated carbocycles. The first-order valence-corrected chi connectivity index (χ1v) is 39.9. The number of nitrogens with zero attached hydrogens (tertiary/aromatic N) is 2. The van der Waals surface area contributed by atoms with E-state index in [-0.39, 0.29) is 44.7 Å². The van der Waals surface area contributed by atoms with Crippen LogP contribution in [0.1, 0.15) is 183 Å². The molecule has 0 aromatic heterocycles. The molecule has 0 unspecified atom stereocenters. The highest BCUT2D eigenvalue weighted by atomic mass is 16.5. The van der Waals surface area contributed by atoms with Gasteiger partial charge in [-0.3, -0.25) is 71.9 Å². The minimum atomic E-state index is -2.14. The molecule has 2 aliphatic heterocycles. The maximum atomic E-state index is 14.9. The van der Waals surface area contributed by atoms with Crippen LogP contribution < -0.4 is 80.8 Å². The topological polar surface area (TPSA) is 647 Å². The van der Waals surface area contributed by atoms with Crippen LogP contribution in [0.3, 0.4) is 0 Å². The largest absolute Gasteiger partial charge is 0.484 e. The molecular weight excluding hydrogens is 1520 g/mol. The van der Waals surface area contributed by atoms with Crippen molar-refractivity contribution in [1.29, 1.82) is 0 Å². The number of amides is 14. The van der Waals surface area contributed by atoms with Gasteiger partial charge in [-0.05, 0) is 96.9 Å². The number of esters is 1. The summed E-state index contributed by atoms with van der Waals surface area (Å²) >= 11 is 0. The molecule has 2 saturated heterocycles. The predicted molar refractivity (Wildman–Crippen MR) is 418 cm³/mol. The molecule has 0 aliphatic carbocycles. The highest BCUT2D eigenvalue weighted by molar-refractivity contribution is 6.00. The molecule has 19 atom stereocenters. The number of β-amino-alcohol motifs (C(OH)–C–C–N with tert-alkyl or cyclic N) is 1. The smallest absolute Gasteiger partial charge is 0.308 e. The minimum Gasteiger partial charge on any atom is -0.484 e. The summed E-state index contributed by atoms with van der Waals surface area (Å²) in [7, 11) is 0. The Hall–Kier alpha value is -9.29. The average molecular weight is 1650 g/mol. The summed E-state index contributed by atoms with van der Waals surface area (Å²) in [4.78, 5) is 206. The number of rotatable bonds is 54. The van der Waals surface area contributed by atoms with Gasteiger partial charge in [0.25, 0.3) is 5.91 Å². The van der Waals surface area contributed by atoms with Crippen molar-refractivity contribution in [2.45, 2.75) is 294 Å². The Balaban J connectivity index is 1.89. The summed E-state index contributed by atoms with van der Waals surface area (Å²) in [6, 6.07) is -11.8. The van der Waals surface area contributed by atoms with Gasteiger partial charge in [0.05, 0.1) is 68.0 Å². The Bertz CT molecular complexity index is 3390. The molecule has 2 heterocycles. The zero-order valence-electron chi connectivity index (χ0n) is 68.0. The monoisotopic (exact) mass is 1650 g/mol.